The summed E-state index contributed by atoms with van der Waals surface area (Å²) in [6.45, 7) is 3.77. The highest BCUT2D eigenvalue weighted by Gasteiger charge is 2.25. The largest absolute Gasteiger partial charge is 0.662 e. The van der Waals surface area contributed by atoms with Gasteiger partial charge in [-0.05, 0) is 12.8 Å². The average molecular weight is 181 g/mol. The quantitative estimate of drug-likeness (QED) is 0.602. The number of nitrogens with zero attached hydrogens (tertiary/aromatic N) is 2. The van der Waals surface area contributed by atoms with Crippen molar-refractivity contribution in [2.24, 2.45) is 5.92 Å². The maximum Gasteiger partial charge on any atom is 0.225 e. The number of hydrogen-bond donors (Lipinski definition) is 0. The van der Waals surface area contributed by atoms with E-state index in [9.17, 15) is 4.79 Å². The fourth-order valence-corrected chi connectivity index (χ4v) is 2.19. The molecule has 0 aromatic heterocycles. The highest BCUT2D eigenvalue weighted by molar-refractivity contribution is 5.79. The molecule has 1 amide bonds. The lowest BCUT2D eigenvalue weighted by Gasteiger charge is -2.33. The Morgan fingerprint density at radius 3 is 2.38 bits per heavy atom. The second kappa shape index (κ2) is 4.09. The molecule has 0 N–H and O–H groups in total. The molecule has 2 rings (SSSR count). The van der Waals surface area contributed by atoms with Gasteiger partial charge in [0.15, 0.2) is 0 Å². The molecule has 2 aliphatic rings. The Morgan fingerprint density at radius 1 is 1.15 bits per heavy atom. The van der Waals surface area contributed by atoms with Crippen LogP contribution in [0.15, 0.2) is 0 Å². The van der Waals surface area contributed by atoms with E-state index < -0.39 is 0 Å². The predicted octanol–water partition coefficient (Wildman–Crippen LogP) is 1.39. The van der Waals surface area contributed by atoms with E-state index in [0.717, 1.165) is 39.0 Å². The van der Waals surface area contributed by atoms with E-state index in [1.165, 1.54) is 12.8 Å². The van der Waals surface area contributed by atoms with Crippen LogP contribution in [0.25, 0.3) is 5.32 Å². The molecule has 0 aliphatic carbocycles. The zero-order valence-corrected chi connectivity index (χ0v) is 8.04. The number of carbonyl (C=O) groups excluding carboxylic acids is 1. The molecule has 0 atom stereocenters. The van der Waals surface area contributed by atoms with Gasteiger partial charge in [-0.3, -0.25) is 4.79 Å². The molecule has 3 heteroatoms. The van der Waals surface area contributed by atoms with Crippen molar-refractivity contribution >= 4 is 5.91 Å². The SMILES string of the molecule is O=C(C1CC[N-]CC1)N1CCCC1. The summed E-state index contributed by atoms with van der Waals surface area (Å²) in [5.41, 5.74) is 0. The minimum atomic E-state index is 0.288. The van der Waals surface area contributed by atoms with Crippen LogP contribution in [0.1, 0.15) is 25.7 Å². The summed E-state index contributed by atoms with van der Waals surface area (Å²) in [5, 5.41) is 4.27. The van der Waals surface area contributed by atoms with Crippen LogP contribution >= 0.6 is 0 Å². The Hall–Kier alpha value is -0.570. The van der Waals surface area contributed by atoms with Crippen LogP contribution in [0, 0.1) is 5.92 Å². The number of carbonyl (C=O) groups is 1. The Bertz CT molecular complexity index is 181. The minimum Gasteiger partial charge on any atom is -0.662 e. The van der Waals surface area contributed by atoms with Crippen molar-refractivity contribution in [2.75, 3.05) is 26.2 Å². The lowest BCUT2D eigenvalue weighted by molar-refractivity contribution is -0.134. The van der Waals surface area contributed by atoms with E-state index in [0.29, 0.717) is 5.91 Å². The van der Waals surface area contributed by atoms with Crippen molar-refractivity contribution in [3.05, 3.63) is 5.32 Å². The van der Waals surface area contributed by atoms with Crippen molar-refractivity contribution in [1.29, 1.82) is 0 Å². The number of piperidine rings is 1. The molecule has 0 aromatic carbocycles. The van der Waals surface area contributed by atoms with E-state index >= 15 is 0 Å². The molecule has 2 aliphatic heterocycles. The van der Waals surface area contributed by atoms with Crippen LogP contribution in [0.4, 0.5) is 0 Å². The van der Waals surface area contributed by atoms with Gasteiger partial charge in [0.25, 0.3) is 0 Å². The molecule has 0 bridgehead atoms. The molecule has 74 valence electrons. The third-order valence-electron chi connectivity index (χ3n) is 3.04. The van der Waals surface area contributed by atoms with Crippen LogP contribution in [-0.4, -0.2) is 37.0 Å². The smallest absolute Gasteiger partial charge is 0.225 e. The van der Waals surface area contributed by atoms with Gasteiger partial charge in [0.05, 0.1) is 0 Å². The van der Waals surface area contributed by atoms with Crippen LogP contribution in [0.5, 0.6) is 0 Å². The second-order valence-corrected chi connectivity index (χ2v) is 3.98. The molecule has 3 nitrogen and oxygen atoms in total. The van der Waals surface area contributed by atoms with Gasteiger partial charge < -0.3 is 10.2 Å². The summed E-state index contributed by atoms with van der Waals surface area (Å²) in [7, 11) is 0. The normalized spacial score (nSPS) is 25.1. The first kappa shape index (κ1) is 9.00. The van der Waals surface area contributed by atoms with Crippen LogP contribution < -0.4 is 0 Å². The molecular weight excluding hydrogens is 164 g/mol. The van der Waals surface area contributed by atoms with E-state index in [4.69, 9.17) is 0 Å². The van der Waals surface area contributed by atoms with Crippen LogP contribution in [0.2, 0.25) is 0 Å². The number of amides is 1. The Kier molecular flexibility index (Phi) is 2.83. The third kappa shape index (κ3) is 2.02. The molecule has 0 aromatic rings. The summed E-state index contributed by atoms with van der Waals surface area (Å²) in [6.07, 6.45) is 4.36. The van der Waals surface area contributed by atoms with Gasteiger partial charge in [0.1, 0.15) is 0 Å². The van der Waals surface area contributed by atoms with Gasteiger partial charge in [0, 0.05) is 19.0 Å². The number of hydrogen-bond acceptors (Lipinski definition) is 1. The lowest BCUT2D eigenvalue weighted by Crippen LogP contribution is -2.35. The van der Waals surface area contributed by atoms with Crippen molar-refractivity contribution in [1.82, 2.24) is 4.90 Å². The average Bonchev–Trinajstić information content (AvgIpc) is 2.71. The molecule has 2 fully saturated rings. The first-order valence-corrected chi connectivity index (χ1v) is 5.30. The van der Waals surface area contributed by atoms with Crippen molar-refractivity contribution in [2.45, 2.75) is 25.7 Å². The van der Waals surface area contributed by atoms with Crippen molar-refractivity contribution < 1.29 is 4.79 Å². The molecule has 13 heavy (non-hydrogen) atoms. The highest BCUT2D eigenvalue weighted by Crippen LogP contribution is 2.22. The molecule has 0 saturated carbocycles. The molecule has 2 saturated heterocycles. The lowest BCUT2D eigenvalue weighted by atomic mass is 9.97. The summed E-state index contributed by atoms with van der Waals surface area (Å²) in [6, 6.07) is 0. The molecule has 0 unspecified atom stereocenters. The van der Waals surface area contributed by atoms with Gasteiger partial charge in [-0.25, -0.2) is 0 Å². The van der Waals surface area contributed by atoms with E-state index in [1.54, 1.807) is 0 Å². The first-order valence-electron chi connectivity index (χ1n) is 5.30. The van der Waals surface area contributed by atoms with Gasteiger partial charge in [-0.1, -0.05) is 12.8 Å². The second-order valence-electron chi connectivity index (χ2n) is 3.98. The number of likely N-dealkylation sites (tertiary alicyclic amines) is 1. The molecule has 0 radical (unpaired) electrons. The zero-order valence-electron chi connectivity index (χ0n) is 8.04. The van der Waals surface area contributed by atoms with Crippen LogP contribution in [0.3, 0.4) is 0 Å². The Labute approximate surface area is 79.5 Å². The van der Waals surface area contributed by atoms with Gasteiger partial charge in [0.2, 0.25) is 5.91 Å². The summed E-state index contributed by atoms with van der Waals surface area (Å²) < 4.78 is 0. The first-order chi connectivity index (χ1) is 6.38. The third-order valence-corrected chi connectivity index (χ3v) is 3.04. The Balaban J connectivity index is 1.87. The molecule has 2 heterocycles. The standard InChI is InChI=1S/C10H17N2O/c13-10(12-7-1-2-8-12)9-3-5-11-6-4-9/h9H,1-8H2/q-1. The maximum absolute atomic E-state index is 11.9. The number of rotatable bonds is 1. The predicted molar refractivity (Wildman–Crippen MR) is 51.6 cm³/mol. The topological polar surface area (TPSA) is 34.4 Å². The van der Waals surface area contributed by atoms with E-state index in [1.807, 2.05) is 4.90 Å². The zero-order chi connectivity index (χ0) is 9.10. The monoisotopic (exact) mass is 181 g/mol. The fraction of sp³-hybridized carbons (Fsp3) is 0.900. The van der Waals surface area contributed by atoms with Gasteiger partial charge in [-0.2, -0.15) is 0 Å². The fourth-order valence-electron chi connectivity index (χ4n) is 2.19. The van der Waals surface area contributed by atoms with E-state index in [2.05, 4.69) is 5.32 Å². The Morgan fingerprint density at radius 2 is 1.77 bits per heavy atom. The van der Waals surface area contributed by atoms with Gasteiger partial charge in [-0.15, -0.1) is 13.1 Å². The van der Waals surface area contributed by atoms with Gasteiger partial charge >= 0.3 is 0 Å². The summed E-state index contributed by atoms with van der Waals surface area (Å²) in [5.74, 6) is 0.683. The van der Waals surface area contributed by atoms with Crippen molar-refractivity contribution in [3.8, 4) is 0 Å². The summed E-state index contributed by atoms with van der Waals surface area (Å²) in [4.78, 5) is 13.9. The highest BCUT2D eigenvalue weighted by atomic mass is 16.2. The minimum absolute atomic E-state index is 0.288. The van der Waals surface area contributed by atoms with E-state index in [-0.39, 0.29) is 5.92 Å². The maximum atomic E-state index is 11.9. The van der Waals surface area contributed by atoms with Crippen molar-refractivity contribution in [3.63, 3.8) is 0 Å². The molecule has 0 spiro atoms. The molecular formula is C10H17N2O-. The van der Waals surface area contributed by atoms with Crippen LogP contribution in [-0.2, 0) is 4.79 Å². The summed E-state index contributed by atoms with van der Waals surface area (Å²) >= 11 is 0.